The maximum absolute atomic E-state index is 6.13. The van der Waals surface area contributed by atoms with Crippen molar-refractivity contribution in [3.63, 3.8) is 0 Å². The minimum atomic E-state index is 0.307. The van der Waals surface area contributed by atoms with Gasteiger partial charge in [-0.1, -0.05) is 11.6 Å². The molecule has 0 fully saturated rings. The van der Waals surface area contributed by atoms with Crippen LogP contribution >= 0.6 is 23.4 Å². The number of rotatable bonds is 3. The first kappa shape index (κ1) is 12.8. The number of fused-ring (bicyclic) bond motifs is 1. The van der Waals surface area contributed by atoms with Gasteiger partial charge in [0.05, 0.1) is 6.61 Å². The van der Waals surface area contributed by atoms with Crippen LogP contribution in [0.5, 0.6) is 5.75 Å². The molecule has 3 nitrogen and oxygen atoms in total. The number of halogens is 1. The van der Waals surface area contributed by atoms with E-state index in [9.17, 15) is 0 Å². The molecule has 0 spiro atoms. The first-order valence-electron chi connectivity index (χ1n) is 5.87. The van der Waals surface area contributed by atoms with Gasteiger partial charge in [0.25, 0.3) is 0 Å². The molecule has 1 aliphatic heterocycles. The molecule has 0 saturated carbocycles. The van der Waals surface area contributed by atoms with Crippen LogP contribution in [0.1, 0.15) is 11.1 Å². The van der Waals surface area contributed by atoms with Gasteiger partial charge in [-0.2, -0.15) is 0 Å². The Morgan fingerprint density at radius 3 is 2.95 bits per heavy atom. The molecule has 1 aliphatic rings. The fourth-order valence-electron chi connectivity index (χ4n) is 1.96. The zero-order valence-electron chi connectivity index (χ0n) is 10.1. The van der Waals surface area contributed by atoms with Crippen molar-refractivity contribution in [3.05, 3.63) is 52.8 Å². The number of thioether (sulfide) groups is 1. The Morgan fingerprint density at radius 2 is 2.11 bits per heavy atom. The van der Waals surface area contributed by atoms with Crippen molar-refractivity contribution >= 4 is 23.4 Å². The average Bonchev–Trinajstić information content (AvgIpc) is 2.45. The summed E-state index contributed by atoms with van der Waals surface area (Å²) in [4.78, 5) is 5.19. The summed E-state index contributed by atoms with van der Waals surface area (Å²) in [6.45, 7) is 0.865. The van der Waals surface area contributed by atoms with Crippen molar-refractivity contribution in [3.8, 4) is 5.75 Å². The molecule has 0 amide bonds. The predicted octanol–water partition coefficient (Wildman–Crippen LogP) is 3.89. The first-order chi connectivity index (χ1) is 9.33. The Labute approximate surface area is 120 Å². The molecular weight excluding hydrogens is 282 g/mol. The Hall–Kier alpha value is -1.23. The molecule has 0 unspecified atom stereocenters. The second kappa shape index (κ2) is 5.82. The van der Waals surface area contributed by atoms with Crippen molar-refractivity contribution in [2.75, 3.05) is 6.79 Å². The van der Waals surface area contributed by atoms with E-state index in [1.165, 1.54) is 4.90 Å². The summed E-state index contributed by atoms with van der Waals surface area (Å²) < 4.78 is 10.9. The molecule has 0 atom stereocenters. The Kier molecular flexibility index (Phi) is 3.92. The molecule has 0 N–H and O–H groups in total. The van der Waals surface area contributed by atoms with E-state index in [-0.39, 0.29) is 0 Å². The van der Waals surface area contributed by atoms with Crippen LogP contribution in [0.4, 0.5) is 0 Å². The number of hydrogen-bond acceptors (Lipinski definition) is 4. The zero-order chi connectivity index (χ0) is 13.1. The van der Waals surface area contributed by atoms with E-state index >= 15 is 0 Å². The highest BCUT2D eigenvalue weighted by Gasteiger charge is 2.16. The third-order valence-electron chi connectivity index (χ3n) is 2.80. The maximum Gasteiger partial charge on any atom is 0.189 e. The summed E-state index contributed by atoms with van der Waals surface area (Å²) in [5.74, 6) is 1.73. The molecule has 1 aromatic heterocycles. The van der Waals surface area contributed by atoms with E-state index in [4.69, 9.17) is 21.1 Å². The highest BCUT2D eigenvalue weighted by atomic mass is 35.5. The fourth-order valence-corrected chi connectivity index (χ4v) is 3.07. The van der Waals surface area contributed by atoms with E-state index in [1.807, 2.05) is 24.3 Å². The lowest BCUT2D eigenvalue weighted by Crippen LogP contribution is -2.12. The summed E-state index contributed by atoms with van der Waals surface area (Å²) in [5.41, 5.74) is 2.12. The van der Waals surface area contributed by atoms with E-state index in [1.54, 1.807) is 24.2 Å². The summed E-state index contributed by atoms with van der Waals surface area (Å²) in [6, 6.07) is 7.84. The quantitative estimate of drug-likeness (QED) is 0.803. The molecular formula is C14H12ClNO2S. The van der Waals surface area contributed by atoms with Gasteiger partial charge in [0.1, 0.15) is 5.75 Å². The van der Waals surface area contributed by atoms with E-state index in [2.05, 4.69) is 4.98 Å². The third-order valence-corrected chi connectivity index (χ3v) is 4.07. The Bertz CT molecular complexity index is 577. The lowest BCUT2D eigenvalue weighted by atomic mass is 10.1. The van der Waals surface area contributed by atoms with Gasteiger partial charge in [0, 0.05) is 39.2 Å². The summed E-state index contributed by atoms with van der Waals surface area (Å²) >= 11 is 7.87. The molecule has 2 aromatic rings. The van der Waals surface area contributed by atoms with Crippen LogP contribution in [0, 0.1) is 0 Å². The van der Waals surface area contributed by atoms with Gasteiger partial charge in [-0.15, -0.1) is 11.8 Å². The number of pyridine rings is 1. The zero-order valence-corrected chi connectivity index (χ0v) is 11.7. The minimum Gasteiger partial charge on any atom is -0.467 e. The van der Waals surface area contributed by atoms with Gasteiger partial charge in [-0.3, -0.25) is 4.98 Å². The minimum absolute atomic E-state index is 0.307. The molecule has 0 saturated heterocycles. The highest BCUT2D eigenvalue weighted by Crippen LogP contribution is 2.35. The number of aromatic nitrogens is 1. The molecule has 0 aliphatic carbocycles. The predicted molar refractivity (Wildman–Crippen MR) is 75.5 cm³/mol. The van der Waals surface area contributed by atoms with E-state index in [0.29, 0.717) is 13.4 Å². The monoisotopic (exact) mass is 293 g/mol. The SMILES string of the molecule is Clc1cc2c(c(CSc3ccncc3)c1)OCOC2. The largest absolute Gasteiger partial charge is 0.467 e. The topological polar surface area (TPSA) is 31.4 Å². The second-order valence-corrected chi connectivity index (χ2v) is 5.62. The van der Waals surface area contributed by atoms with Crippen LogP contribution in [0.15, 0.2) is 41.6 Å². The number of benzene rings is 1. The molecule has 5 heteroatoms. The molecule has 1 aromatic carbocycles. The standard InChI is InChI=1S/C14H12ClNO2S/c15-12-5-10-7-17-9-18-14(10)11(6-12)8-19-13-1-3-16-4-2-13/h1-6H,7-9H2. The van der Waals surface area contributed by atoms with Crippen molar-refractivity contribution in [1.82, 2.24) is 4.98 Å². The Morgan fingerprint density at radius 1 is 1.26 bits per heavy atom. The second-order valence-electron chi connectivity index (χ2n) is 4.14. The smallest absolute Gasteiger partial charge is 0.189 e. The van der Waals surface area contributed by atoms with Crippen LogP contribution in [0.3, 0.4) is 0 Å². The summed E-state index contributed by atoms with van der Waals surface area (Å²) in [6.07, 6.45) is 3.58. The molecule has 19 heavy (non-hydrogen) atoms. The molecule has 98 valence electrons. The molecule has 3 rings (SSSR count). The van der Waals surface area contributed by atoms with Crippen LogP contribution in [0.2, 0.25) is 5.02 Å². The molecule has 0 radical (unpaired) electrons. The van der Waals surface area contributed by atoms with Gasteiger partial charge in [0.15, 0.2) is 6.79 Å². The van der Waals surface area contributed by atoms with Gasteiger partial charge >= 0.3 is 0 Å². The van der Waals surface area contributed by atoms with Crippen LogP contribution < -0.4 is 4.74 Å². The van der Waals surface area contributed by atoms with Gasteiger partial charge in [0.2, 0.25) is 0 Å². The number of hydrogen-bond donors (Lipinski definition) is 0. The lowest BCUT2D eigenvalue weighted by Gasteiger charge is -2.21. The highest BCUT2D eigenvalue weighted by molar-refractivity contribution is 7.98. The lowest BCUT2D eigenvalue weighted by molar-refractivity contribution is -0.0168. The van der Waals surface area contributed by atoms with Crippen LogP contribution in [-0.2, 0) is 17.1 Å². The van der Waals surface area contributed by atoms with Crippen LogP contribution in [-0.4, -0.2) is 11.8 Å². The van der Waals surface area contributed by atoms with Crippen molar-refractivity contribution < 1.29 is 9.47 Å². The number of ether oxygens (including phenoxy) is 2. The van der Waals surface area contributed by atoms with E-state index in [0.717, 1.165) is 27.7 Å². The summed E-state index contributed by atoms with van der Waals surface area (Å²) in [7, 11) is 0. The number of nitrogens with zero attached hydrogens (tertiary/aromatic N) is 1. The Balaban J connectivity index is 1.82. The van der Waals surface area contributed by atoms with Gasteiger partial charge < -0.3 is 9.47 Å². The van der Waals surface area contributed by atoms with E-state index < -0.39 is 0 Å². The van der Waals surface area contributed by atoms with Crippen LogP contribution in [0.25, 0.3) is 0 Å². The maximum atomic E-state index is 6.13. The van der Waals surface area contributed by atoms with Crippen molar-refractivity contribution in [2.24, 2.45) is 0 Å². The molecule has 2 heterocycles. The first-order valence-corrected chi connectivity index (χ1v) is 7.24. The fraction of sp³-hybridized carbons (Fsp3) is 0.214. The van der Waals surface area contributed by atoms with Crippen molar-refractivity contribution in [1.29, 1.82) is 0 Å². The normalized spacial score (nSPS) is 13.7. The van der Waals surface area contributed by atoms with Crippen molar-refractivity contribution in [2.45, 2.75) is 17.3 Å². The molecule has 0 bridgehead atoms. The third kappa shape index (κ3) is 3.03. The summed E-state index contributed by atoms with van der Waals surface area (Å²) in [5, 5.41) is 0.721. The average molecular weight is 294 g/mol. The van der Waals surface area contributed by atoms with Gasteiger partial charge in [-0.05, 0) is 24.3 Å². The van der Waals surface area contributed by atoms with Gasteiger partial charge in [-0.25, -0.2) is 0 Å².